The van der Waals surface area contributed by atoms with Crippen molar-refractivity contribution < 1.29 is 19.0 Å². The van der Waals surface area contributed by atoms with Crippen molar-refractivity contribution in [2.75, 3.05) is 26.4 Å². The van der Waals surface area contributed by atoms with Crippen LogP contribution in [0.1, 0.15) is 31.7 Å². The van der Waals surface area contributed by atoms with E-state index in [1.807, 2.05) is 37.3 Å². The van der Waals surface area contributed by atoms with Gasteiger partial charge >= 0.3 is 0 Å². The number of piperidine rings is 1. The first-order valence-corrected chi connectivity index (χ1v) is 11.0. The van der Waals surface area contributed by atoms with Crippen molar-refractivity contribution in [2.24, 2.45) is 5.92 Å². The molecule has 2 atom stereocenters. The number of ketones is 1. The van der Waals surface area contributed by atoms with Gasteiger partial charge in [-0.2, -0.15) is 0 Å². The molecule has 0 aliphatic carbocycles. The summed E-state index contributed by atoms with van der Waals surface area (Å²) < 4.78 is 17.3. The zero-order valence-corrected chi connectivity index (χ0v) is 17.7. The highest BCUT2D eigenvalue weighted by atomic mass is 16.5. The molecule has 2 bridgehead atoms. The molecule has 0 aromatic heterocycles. The van der Waals surface area contributed by atoms with Crippen LogP contribution in [-0.4, -0.2) is 49.2 Å². The van der Waals surface area contributed by atoms with E-state index < -0.39 is 0 Å². The van der Waals surface area contributed by atoms with Gasteiger partial charge in [-0.1, -0.05) is 42.5 Å². The van der Waals surface area contributed by atoms with Crippen molar-refractivity contribution in [3.8, 4) is 11.5 Å². The zero-order chi connectivity index (χ0) is 20.8. The summed E-state index contributed by atoms with van der Waals surface area (Å²) in [4.78, 5) is 15.5. The predicted octanol–water partition coefficient (Wildman–Crippen LogP) is 4.10. The van der Waals surface area contributed by atoms with Crippen molar-refractivity contribution in [1.82, 2.24) is 4.90 Å². The number of carbonyl (C=O) groups excluding carboxylic acids is 1. The fourth-order valence-corrected chi connectivity index (χ4v) is 4.61. The summed E-state index contributed by atoms with van der Waals surface area (Å²) in [5.74, 6) is 1.84. The molecule has 30 heavy (non-hydrogen) atoms. The number of Topliss-reactive ketones (excluding diaryl/α,β-unsaturated/α-hetero) is 1. The standard InChI is InChI=1S/C25H31NO4/c1-2-29-24-10-6-7-11-25(24)30-13-12-23(27)20-14-21-17-28-18-22(15-20)26(21)16-19-8-4-3-5-9-19/h3-11,20-22H,2,12-18H2,1H3. The maximum atomic E-state index is 12.9. The van der Waals surface area contributed by atoms with Crippen LogP contribution in [0.25, 0.3) is 0 Å². The van der Waals surface area contributed by atoms with E-state index >= 15 is 0 Å². The smallest absolute Gasteiger partial charge is 0.161 e. The lowest BCUT2D eigenvalue weighted by molar-refractivity contribution is -0.134. The number of fused-ring (bicyclic) bond motifs is 2. The SMILES string of the molecule is CCOc1ccccc1OCCC(=O)C1CC2COCC(C1)N2Cc1ccccc1. The molecule has 2 aromatic carbocycles. The van der Waals surface area contributed by atoms with Crippen LogP contribution >= 0.6 is 0 Å². The van der Waals surface area contributed by atoms with Gasteiger partial charge in [0.15, 0.2) is 11.5 Å². The van der Waals surface area contributed by atoms with Gasteiger partial charge in [0.05, 0.1) is 26.4 Å². The minimum Gasteiger partial charge on any atom is -0.490 e. The maximum Gasteiger partial charge on any atom is 0.161 e. The molecule has 5 nitrogen and oxygen atoms in total. The fourth-order valence-electron chi connectivity index (χ4n) is 4.61. The van der Waals surface area contributed by atoms with Gasteiger partial charge in [0, 0.05) is 31.0 Å². The van der Waals surface area contributed by atoms with Crippen LogP contribution in [0.3, 0.4) is 0 Å². The van der Waals surface area contributed by atoms with E-state index in [1.54, 1.807) is 0 Å². The molecule has 2 aromatic rings. The molecule has 0 amide bonds. The van der Waals surface area contributed by atoms with E-state index in [0.29, 0.717) is 56.5 Å². The third kappa shape index (κ3) is 5.02. The van der Waals surface area contributed by atoms with Crippen molar-refractivity contribution in [3.63, 3.8) is 0 Å². The summed E-state index contributed by atoms with van der Waals surface area (Å²) in [5, 5.41) is 0. The molecule has 2 heterocycles. The average molecular weight is 410 g/mol. The Morgan fingerprint density at radius 3 is 2.27 bits per heavy atom. The van der Waals surface area contributed by atoms with Crippen molar-refractivity contribution >= 4 is 5.78 Å². The number of ether oxygens (including phenoxy) is 3. The molecule has 2 saturated heterocycles. The summed E-state index contributed by atoms with van der Waals surface area (Å²) in [7, 11) is 0. The Bertz CT molecular complexity index is 811. The van der Waals surface area contributed by atoms with E-state index in [1.165, 1.54) is 5.56 Å². The predicted molar refractivity (Wildman–Crippen MR) is 116 cm³/mol. The van der Waals surface area contributed by atoms with Gasteiger partial charge in [-0.05, 0) is 37.5 Å². The van der Waals surface area contributed by atoms with Crippen LogP contribution in [-0.2, 0) is 16.1 Å². The number of hydrogen-bond donors (Lipinski definition) is 0. The first-order valence-electron chi connectivity index (χ1n) is 11.0. The summed E-state index contributed by atoms with van der Waals surface area (Å²) in [5.41, 5.74) is 1.32. The number of hydrogen-bond acceptors (Lipinski definition) is 5. The molecule has 2 fully saturated rings. The van der Waals surface area contributed by atoms with E-state index in [4.69, 9.17) is 14.2 Å². The zero-order valence-electron chi connectivity index (χ0n) is 17.7. The molecule has 2 unspecified atom stereocenters. The van der Waals surface area contributed by atoms with Gasteiger partial charge in [0.1, 0.15) is 5.78 Å². The summed E-state index contributed by atoms with van der Waals surface area (Å²) in [6.45, 7) is 5.28. The lowest BCUT2D eigenvalue weighted by atomic mass is 9.81. The van der Waals surface area contributed by atoms with Crippen LogP contribution in [0.2, 0.25) is 0 Å². The van der Waals surface area contributed by atoms with E-state index in [0.717, 1.165) is 25.1 Å². The van der Waals surface area contributed by atoms with Gasteiger partial charge in [-0.15, -0.1) is 0 Å². The average Bonchev–Trinajstić information content (AvgIpc) is 2.75. The molecular weight excluding hydrogens is 378 g/mol. The van der Waals surface area contributed by atoms with Crippen molar-refractivity contribution in [2.45, 2.75) is 44.8 Å². The van der Waals surface area contributed by atoms with E-state index in [2.05, 4.69) is 29.2 Å². The van der Waals surface area contributed by atoms with Crippen molar-refractivity contribution in [3.05, 3.63) is 60.2 Å². The number of morpholine rings is 1. The third-order valence-corrected chi connectivity index (χ3v) is 6.09. The van der Waals surface area contributed by atoms with Gasteiger partial charge in [0.2, 0.25) is 0 Å². The van der Waals surface area contributed by atoms with E-state index in [-0.39, 0.29) is 5.92 Å². The maximum absolute atomic E-state index is 12.9. The van der Waals surface area contributed by atoms with Crippen molar-refractivity contribution in [1.29, 1.82) is 0 Å². The fraction of sp³-hybridized carbons (Fsp3) is 0.480. The Kier molecular flexibility index (Phi) is 7.03. The number of para-hydroxylation sites is 2. The summed E-state index contributed by atoms with van der Waals surface area (Å²) in [6, 6.07) is 18.8. The molecule has 0 saturated carbocycles. The molecule has 0 N–H and O–H groups in total. The van der Waals surface area contributed by atoms with Gasteiger partial charge in [-0.3, -0.25) is 9.69 Å². The Labute approximate surface area is 178 Å². The lowest BCUT2D eigenvalue weighted by Crippen LogP contribution is -2.57. The Hall–Kier alpha value is -2.37. The second-order valence-corrected chi connectivity index (χ2v) is 8.12. The van der Waals surface area contributed by atoms with Crippen LogP contribution < -0.4 is 9.47 Å². The first kappa shape index (κ1) is 20.9. The summed E-state index contributed by atoms with van der Waals surface area (Å²) in [6.07, 6.45) is 2.18. The Morgan fingerprint density at radius 1 is 0.967 bits per heavy atom. The third-order valence-electron chi connectivity index (χ3n) is 6.09. The molecule has 2 aliphatic rings. The minimum atomic E-state index is 0.0988. The molecule has 160 valence electrons. The molecule has 4 rings (SSSR count). The molecule has 0 radical (unpaired) electrons. The molecular formula is C25H31NO4. The van der Waals surface area contributed by atoms with Crippen LogP contribution in [0.5, 0.6) is 11.5 Å². The first-order chi connectivity index (χ1) is 14.7. The lowest BCUT2D eigenvalue weighted by Gasteiger charge is -2.48. The molecule has 2 aliphatic heterocycles. The second-order valence-electron chi connectivity index (χ2n) is 8.12. The number of rotatable bonds is 9. The normalized spacial score (nSPS) is 23.7. The number of nitrogens with zero attached hydrogens (tertiary/aromatic N) is 1. The minimum absolute atomic E-state index is 0.0988. The molecule has 5 heteroatoms. The quantitative estimate of drug-likeness (QED) is 0.624. The topological polar surface area (TPSA) is 48.0 Å². The molecule has 0 spiro atoms. The van der Waals surface area contributed by atoms with Crippen LogP contribution in [0, 0.1) is 5.92 Å². The van der Waals surface area contributed by atoms with Gasteiger partial charge in [0.25, 0.3) is 0 Å². The highest BCUT2D eigenvalue weighted by molar-refractivity contribution is 5.81. The number of benzene rings is 2. The second kappa shape index (κ2) is 10.1. The number of carbonyl (C=O) groups is 1. The van der Waals surface area contributed by atoms with Gasteiger partial charge in [-0.25, -0.2) is 0 Å². The Balaban J connectivity index is 1.31. The van der Waals surface area contributed by atoms with Gasteiger partial charge < -0.3 is 14.2 Å². The highest BCUT2D eigenvalue weighted by Crippen LogP contribution is 2.34. The van der Waals surface area contributed by atoms with Crippen LogP contribution in [0.4, 0.5) is 0 Å². The Morgan fingerprint density at radius 2 is 1.60 bits per heavy atom. The largest absolute Gasteiger partial charge is 0.490 e. The highest BCUT2D eigenvalue weighted by Gasteiger charge is 2.40. The van der Waals surface area contributed by atoms with E-state index in [9.17, 15) is 4.79 Å². The van der Waals surface area contributed by atoms with Crippen LogP contribution in [0.15, 0.2) is 54.6 Å². The monoisotopic (exact) mass is 409 g/mol. The summed E-state index contributed by atoms with van der Waals surface area (Å²) >= 11 is 0.